The molecule has 1 aliphatic heterocycles. The van der Waals surface area contributed by atoms with Crippen molar-refractivity contribution < 1.29 is 14.3 Å². The molecule has 0 saturated carbocycles. The van der Waals surface area contributed by atoms with Gasteiger partial charge in [-0.15, -0.1) is 0 Å². The zero-order valence-corrected chi connectivity index (χ0v) is 9.60. The lowest BCUT2D eigenvalue weighted by Crippen LogP contribution is -2.21. The molecule has 0 spiro atoms. The van der Waals surface area contributed by atoms with Crippen molar-refractivity contribution in [3.63, 3.8) is 0 Å². The fraction of sp³-hybridized carbons (Fsp3) is 0.462. The summed E-state index contributed by atoms with van der Waals surface area (Å²) in [6.07, 6.45) is 2.32. The van der Waals surface area contributed by atoms with Crippen molar-refractivity contribution >= 4 is 12.0 Å². The highest BCUT2D eigenvalue weighted by atomic mass is 19.1. The molecule has 0 bridgehead atoms. The second-order valence-corrected chi connectivity index (χ2v) is 4.40. The van der Waals surface area contributed by atoms with E-state index in [-0.39, 0.29) is 12.2 Å². The third-order valence-corrected chi connectivity index (χ3v) is 3.31. The predicted octanol–water partition coefficient (Wildman–Crippen LogP) is 1.85. The summed E-state index contributed by atoms with van der Waals surface area (Å²) < 4.78 is 13.5. The number of aliphatic hydroxyl groups excluding tert-OH is 1. The number of hydrogen-bond acceptors (Lipinski definition) is 3. The maximum Gasteiger partial charge on any atom is 0.155 e. The Morgan fingerprint density at radius 3 is 3.06 bits per heavy atom. The van der Waals surface area contributed by atoms with E-state index in [4.69, 9.17) is 5.11 Å². The molecule has 1 saturated heterocycles. The van der Waals surface area contributed by atoms with Gasteiger partial charge in [0.05, 0.1) is 11.3 Å². The number of benzene rings is 1. The highest BCUT2D eigenvalue weighted by molar-refractivity contribution is 5.85. The highest BCUT2D eigenvalue weighted by Gasteiger charge is 2.24. The van der Waals surface area contributed by atoms with E-state index >= 15 is 0 Å². The van der Waals surface area contributed by atoms with E-state index < -0.39 is 5.82 Å². The molecule has 17 heavy (non-hydrogen) atoms. The molecule has 1 heterocycles. The van der Waals surface area contributed by atoms with Crippen LogP contribution in [0.3, 0.4) is 0 Å². The lowest BCUT2D eigenvalue weighted by atomic mass is 10.1. The minimum absolute atomic E-state index is 0.136. The Morgan fingerprint density at radius 2 is 2.35 bits per heavy atom. The third-order valence-electron chi connectivity index (χ3n) is 3.31. The van der Waals surface area contributed by atoms with Crippen LogP contribution in [0.2, 0.25) is 0 Å². The molecule has 1 N–H and O–H groups in total. The predicted molar refractivity (Wildman–Crippen MR) is 63.8 cm³/mol. The summed E-state index contributed by atoms with van der Waals surface area (Å²) in [7, 11) is 0. The van der Waals surface area contributed by atoms with Gasteiger partial charge in [-0.05, 0) is 30.9 Å². The van der Waals surface area contributed by atoms with Crippen molar-refractivity contribution in [2.75, 3.05) is 24.6 Å². The summed E-state index contributed by atoms with van der Waals surface area (Å²) in [4.78, 5) is 12.9. The molecular weight excluding hydrogens is 221 g/mol. The summed E-state index contributed by atoms with van der Waals surface area (Å²) >= 11 is 0. The van der Waals surface area contributed by atoms with E-state index in [1.807, 2.05) is 4.90 Å². The van der Waals surface area contributed by atoms with E-state index in [0.29, 0.717) is 17.9 Å². The number of halogens is 1. The average molecular weight is 237 g/mol. The minimum Gasteiger partial charge on any atom is -0.396 e. The van der Waals surface area contributed by atoms with Gasteiger partial charge in [0.1, 0.15) is 5.82 Å². The van der Waals surface area contributed by atoms with Gasteiger partial charge in [-0.1, -0.05) is 6.07 Å². The molecule has 1 aromatic carbocycles. The SMILES string of the molecule is O=Cc1c(F)cccc1N1CCC(CCO)C1. The Hall–Kier alpha value is -1.42. The molecule has 92 valence electrons. The van der Waals surface area contributed by atoms with E-state index in [9.17, 15) is 9.18 Å². The van der Waals surface area contributed by atoms with Gasteiger partial charge in [0.25, 0.3) is 0 Å². The van der Waals surface area contributed by atoms with Gasteiger partial charge in [0.2, 0.25) is 0 Å². The molecule has 3 nitrogen and oxygen atoms in total. The topological polar surface area (TPSA) is 40.5 Å². The molecule has 0 aliphatic carbocycles. The zero-order chi connectivity index (χ0) is 12.3. The summed E-state index contributed by atoms with van der Waals surface area (Å²) in [5.41, 5.74) is 0.803. The van der Waals surface area contributed by atoms with Crippen LogP contribution in [0.4, 0.5) is 10.1 Å². The quantitative estimate of drug-likeness (QED) is 0.812. The van der Waals surface area contributed by atoms with Crippen LogP contribution in [-0.4, -0.2) is 31.1 Å². The van der Waals surface area contributed by atoms with Gasteiger partial charge in [0, 0.05) is 19.7 Å². The number of aliphatic hydroxyl groups is 1. The van der Waals surface area contributed by atoms with Gasteiger partial charge in [0.15, 0.2) is 6.29 Å². The third kappa shape index (κ3) is 2.47. The Balaban J connectivity index is 2.18. The van der Waals surface area contributed by atoms with Crippen LogP contribution in [0.25, 0.3) is 0 Å². The maximum absolute atomic E-state index is 13.5. The number of nitrogens with zero attached hydrogens (tertiary/aromatic N) is 1. The van der Waals surface area contributed by atoms with Crippen LogP contribution in [0.1, 0.15) is 23.2 Å². The van der Waals surface area contributed by atoms with Crippen LogP contribution < -0.4 is 4.90 Å². The Morgan fingerprint density at radius 1 is 1.53 bits per heavy atom. The van der Waals surface area contributed by atoms with Crippen molar-refractivity contribution in [2.45, 2.75) is 12.8 Å². The number of hydrogen-bond donors (Lipinski definition) is 1. The number of anilines is 1. The van der Waals surface area contributed by atoms with Crippen molar-refractivity contribution in [1.29, 1.82) is 0 Å². The van der Waals surface area contributed by atoms with E-state index in [0.717, 1.165) is 25.9 Å². The first kappa shape index (κ1) is 12.0. The number of rotatable bonds is 4. The first-order chi connectivity index (χ1) is 8.26. The van der Waals surface area contributed by atoms with E-state index in [1.54, 1.807) is 12.1 Å². The van der Waals surface area contributed by atoms with Gasteiger partial charge < -0.3 is 10.0 Å². The number of carbonyl (C=O) groups excluding carboxylic acids is 1. The number of aldehydes is 1. The van der Waals surface area contributed by atoms with Crippen LogP contribution in [0.5, 0.6) is 0 Å². The molecule has 0 amide bonds. The first-order valence-corrected chi connectivity index (χ1v) is 5.85. The summed E-state index contributed by atoms with van der Waals surface area (Å²) in [5.74, 6) is -0.0362. The van der Waals surface area contributed by atoms with Crippen LogP contribution in [0.15, 0.2) is 18.2 Å². The fourth-order valence-corrected chi connectivity index (χ4v) is 2.39. The summed E-state index contributed by atoms with van der Waals surface area (Å²) in [6.45, 7) is 1.78. The lowest BCUT2D eigenvalue weighted by Gasteiger charge is -2.20. The second kappa shape index (κ2) is 5.27. The molecule has 4 heteroatoms. The lowest BCUT2D eigenvalue weighted by molar-refractivity contribution is 0.112. The maximum atomic E-state index is 13.5. The standard InChI is InChI=1S/C13H16FNO2/c14-12-2-1-3-13(11(12)9-17)15-6-4-10(8-15)5-7-16/h1-3,9-10,16H,4-8H2. The monoisotopic (exact) mass is 237 g/mol. The first-order valence-electron chi connectivity index (χ1n) is 5.85. The van der Waals surface area contributed by atoms with Crippen molar-refractivity contribution in [3.8, 4) is 0 Å². The second-order valence-electron chi connectivity index (χ2n) is 4.40. The van der Waals surface area contributed by atoms with Crippen LogP contribution in [0, 0.1) is 11.7 Å². The van der Waals surface area contributed by atoms with Crippen LogP contribution >= 0.6 is 0 Å². The van der Waals surface area contributed by atoms with E-state index in [1.165, 1.54) is 6.07 Å². The van der Waals surface area contributed by atoms with Crippen LogP contribution in [-0.2, 0) is 0 Å². The molecule has 0 aromatic heterocycles. The average Bonchev–Trinajstić information content (AvgIpc) is 2.78. The Bertz CT molecular complexity index is 408. The largest absolute Gasteiger partial charge is 0.396 e. The minimum atomic E-state index is -0.469. The molecule has 2 rings (SSSR count). The molecule has 1 fully saturated rings. The van der Waals surface area contributed by atoms with Gasteiger partial charge in [-0.2, -0.15) is 0 Å². The fourth-order valence-electron chi connectivity index (χ4n) is 2.39. The highest BCUT2D eigenvalue weighted by Crippen LogP contribution is 2.28. The van der Waals surface area contributed by atoms with Crippen molar-refractivity contribution in [3.05, 3.63) is 29.6 Å². The molecule has 1 unspecified atom stereocenters. The molecule has 1 aliphatic rings. The van der Waals surface area contributed by atoms with Crippen molar-refractivity contribution in [1.82, 2.24) is 0 Å². The normalized spacial score (nSPS) is 19.6. The van der Waals surface area contributed by atoms with Gasteiger partial charge in [-0.25, -0.2) is 4.39 Å². The van der Waals surface area contributed by atoms with Gasteiger partial charge in [-0.3, -0.25) is 4.79 Å². The zero-order valence-electron chi connectivity index (χ0n) is 9.60. The number of carbonyl (C=O) groups is 1. The summed E-state index contributed by atoms with van der Waals surface area (Å²) in [5, 5.41) is 8.89. The van der Waals surface area contributed by atoms with E-state index in [2.05, 4.69) is 0 Å². The molecular formula is C13H16FNO2. The van der Waals surface area contributed by atoms with Gasteiger partial charge >= 0.3 is 0 Å². The molecule has 0 radical (unpaired) electrons. The summed E-state index contributed by atoms with van der Waals surface area (Å²) in [6, 6.07) is 4.69. The Kier molecular flexibility index (Phi) is 3.74. The molecule has 1 atom stereocenters. The van der Waals surface area contributed by atoms with Crippen molar-refractivity contribution in [2.24, 2.45) is 5.92 Å². The Labute approximate surface area is 99.9 Å². The smallest absolute Gasteiger partial charge is 0.155 e. The molecule has 1 aromatic rings.